The van der Waals surface area contributed by atoms with E-state index in [1.54, 1.807) is 12.1 Å². The van der Waals surface area contributed by atoms with Gasteiger partial charge < -0.3 is 10.2 Å². The third-order valence-corrected chi connectivity index (χ3v) is 4.57. The summed E-state index contributed by atoms with van der Waals surface area (Å²) in [6.07, 6.45) is 5.36. The summed E-state index contributed by atoms with van der Waals surface area (Å²) in [4.78, 5) is 12.7. The van der Waals surface area contributed by atoms with E-state index in [2.05, 4.69) is 5.32 Å². The molecule has 0 spiro atoms. The van der Waals surface area contributed by atoms with Crippen LogP contribution in [0.1, 0.15) is 32.1 Å². The van der Waals surface area contributed by atoms with Gasteiger partial charge in [-0.1, -0.05) is 6.07 Å². The minimum Gasteiger partial charge on any atom is -0.361 e. The third-order valence-electron chi connectivity index (χ3n) is 4.57. The van der Waals surface area contributed by atoms with Crippen molar-refractivity contribution in [3.63, 3.8) is 0 Å². The fraction of sp³-hybridized carbons (Fsp3) is 0.600. The lowest BCUT2D eigenvalue weighted by Gasteiger charge is -2.40. The standard InChI is InChI=1S/C15H20FN3O2/c16-11-5-3-8-14(15(11)19(20)21)18-10-2-1-7-13(18)12-6-4-9-17-12/h3,5,8,12-13,17H,1-2,4,6-7,9-10H2. The molecule has 5 nitrogen and oxygen atoms in total. The Balaban J connectivity index is 1.96. The second-order valence-corrected chi connectivity index (χ2v) is 5.82. The first-order valence-electron chi connectivity index (χ1n) is 7.61. The number of nitro groups is 1. The number of benzene rings is 1. The average molecular weight is 293 g/mol. The molecule has 2 aliphatic heterocycles. The van der Waals surface area contributed by atoms with Crippen LogP contribution in [0.4, 0.5) is 15.8 Å². The number of piperidine rings is 1. The highest BCUT2D eigenvalue weighted by molar-refractivity contribution is 5.64. The van der Waals surface area contributed by atoms with E-state index in [0.29, 0.717) is 11.7 Å². The molecule has 0 radical (unpaired) electrons. The Morgan fingerprint density at radius 3 is 2.86 bits per heavy atom. The van der Waals surface area contributed by atoms with E-state index < -0.39 is 10.7 Å². The molecule has 6 heteroatoms. The quantitative estimate of drug-likeness (QED) is 0.687. The number of hydrogen-bond acceptors (Lipinski definition) is 4. The van der Waals surface area contributed by atoms with E-state index in [1.165, 1.54) is 0 Å². The maximum Gasteiger partial charge on any atom is 0.327 e. The van der Waals surface area contributed by atoms with Gasteiger partial charge in [0.25, 0.3) is 0 Å². The molecule has 0 saturated carbocycles. The van der Waals surface area contributed by atoms with Crippen molar-refractivity contribution in [2.24, 2.45) is 0 Å². The van der Waals surface area contributed by atoms with E-state index in [4.69, 9.17) is 0 Å². The van der Waals surface area contributed by atoms with Gasteiger partial charge in [0.05, 0.1) is 4.92 Å². The van der Waals surface area contributed by atoms with Crippen molar-refractivity contribution >= 4 is 11.4 Å². The van der Waals surface area contributed by atoms with Crippen molar-refractivity contribution in [1.82, 2.24) is 5.32 Å². The molecule has 0 bridgehead atoms. The van der Waals surface area contributed by atoms with E-state index in [9.17, 15) is 14.5 Å². The first kappa shape index (κ1) is 14.3. The third kappa shape index (κ3) is 2.72. The van der Waals surface area contributed by atoms with Crippen molar-refractivity contribution in [3.05, 3.63) is 34.1 Å². The van der Waals surface area contributed by atoms with Crippen LogP contribution in [0.5, 0.6) is 0 Å². The summed E-state index contributed by atoms with van der Waals surface area (Å²) in [6.45, 7) is 1.76. The number of hydrogen-bond donors (Lipinski definition) is 1. The molecule has 2 saturated heterocycles. The SMILES string of the molecule is O=[N+]([O-])c1c(F)cccc1N1CCCCC1C1CCCN1. The van der Waals surface area contributed by atoms with Gasteiger partial charge >= 0.3 is 5.69 Å². The van der Waals surface area contributed by atoms with Crippen LogP contribution in [0.2, 0.25) is 0 Å². The van der Waals surface area contributed by atoms with Crippen molar-refractivity contribution < 1.29 is 9.31 Å². The molecule has 2 fully saturated rings. The van der Waals surface area contributed by atoms with Gasteiger partial charge in [-0.15, -0.1) is 0 Å². The molecule has 2 atom stereocenters. The molecule has 21 heavy (non-hydrogen) atoms. The van der Waals surface area contributed by atoms with Crippen LogP contribution in [0.25, 0.3) is 0 Å². The minimum atomic E-state index is -0.749. The Hall–Kier alpha value is -1.69. The molecule has 1 aromatic rings. The summed E-state index contributed by atoms with van der Waals surface area (Å²) in [6, 6.07) is 4.98. The van der Waals surface area contributed by atoms with Crippen LogP contribution in [-0.2, 0) is 0 Å². The van der Waals surface area contributed by atoms with E-state index in [0.717, 1.165) is 51.3 Å². The van der Waals surface area contributed by atoms with Crippen molar-refractivity contribution in [2.45, 2.75) is 44.2 Å². The van der Waals surface area contributed by atoms with Crippen LogP contribution in [0, 0.1) is 15.9 Å². The molecule has 0 aromatic heterocycles. The van der Waals surface area contributed by atoms with Gasteiger partial charge in [-0.25, -0.2) is 0 Å². The van der Waals surface area contributed by atoms with Gasteiger partial charge in [-0.3, -0.25) is 10.1 Å². The first-order chi connectivity index (χ1) is 10.2. The lowest BCUT2D eigenvalue weighted by molar-refractivity contribution is -0.386. The molecule has 2 unspecified atom stereocenters. The van der Waals surface area contributed by atoms with Crippen LogP contribution in [0.15, 0.2) is 18.2 Å². The molecule has 0 aliphatic carbocycles. The smallest absolute Gasteiger partial charge is 0.327 e. The Morgan fingerprint density at radius 1 is 1.29 bits per heavy atom. The van der Waals surface area contributed by atoms with Crippen LogP contribution in [-0.4, -0.2) is 30.1 Å². The summed E-state index contributed by atoms with van der Waals surface area (Å²) in [7, 11) is 0. The van der Waals surface area contributed by atoms with Crippen LogP contribution >= 0.6 is 0 Å². The highest BCUT2D eigenvalue weighted by Gasteiger charge is 2.35. The maximum absolute atomic E-state index is 13.9. The molecule has 1 N–H and O–H groups in total. The Bertz CT molecular complexity index is 532. The monoisotopic (exact) mass is 293 g/mol. The zero-order chi connectivity index (χ0) is 14.8. The van der Waals surface area contributed by atoms with Gasteiger partial charge in [-0.05, 0) is 50.8 Å². The lowest BCUT2D eigenvalue weighted by atomic mass is 9.93. The summed E-state index contributed by atoms with van der Waals surface area (Å²) < 4.78 is 13.9. The highest BCUT2D eigenvalue weighted by atomic mass is 19.1. The molecule has 114 valence electrons. The average Bonchev–Trinajstić information content (AvgIpc) is 3.00. The Morgan fingerprint density at radius 2 is 2.14 bits per heavy atom. The second kappa shape index (κ2) is 5.97. The van der Waals surface area contributed by atoms with Gasteiger partial charge in [0.15, 0.2) is 0 Å². The number of para-hydroxylation sites is 1. The fourth-order valence-corrected chi connectivity index (χ4v) is 3.63. The zero-order valence-electron chi connectivity index (χ0n) is 11.9. The molecule has 0 amide bonds. The van der Waals surface area contributed by atoms with Gasteiger partial charge in [0, 0.05) is 18.6 Å². The Labute approximate surface area is 123 Å². The van der Waals surface area contributed by atoms with Crippen LogP contribution in [0.3, 0.4) is 0 Å². The number of halogens is 1. The second-order valence-electron chi connectivity index (χ2n) is 5.82. The fourth-order valence-electron chi connectivity index (χ4n) is 3.63. The summed E-state index contributed by atoms with van der Waals surface area (Å²) >= 11 is 0. The van der Waals surface area contributed by atoms with E-state index in [1.807, 2.05) is 4.90 Å². The summed E-state index contributed by atoms with van der Waals surface area (Å²) in [5.41, 5.74) is 0.0424. The topological polar surface area (TPSA) is 58.4 Å². The molecule has 3 rings (SSSR count). The molecular formula is C15H20FN3O2. The number of rotatable bonds is 3. The van der Waals surface area contributed by atoms with E-state index >= 15 is 0 Å². The number of nitro benzene ring substituents is 1. The lowest BCUT2D eigenvalue weighted by Crippen LogP contribution is -2.50. The summed E-state index contributed by atoms with van der Waals surface area (Å²) in [5.74, 6) is -0.749. The predicted octanol–water partition coefficient (Wildman–Crippen LogP) is 2.84. The predicted molar refractivity (Wildman–Crippen MR) is 79.1 cm³/mol. The number of nitrogens with zero attached hydrogens (tertiary/aromatic N) is 2. The Kier molecular flexibility index (Phi) is 4.05. The zero-order valence-corrected chi connectivity index (χ0v) is 11.9. The first-order valence-corrected chi connectivity index (χ1v) is 7.61. The number of anilines is 1. The molecule has 2 heterocycles. The van der Waals surface area contributed by atoms with Gasteiger partial charge in [-0.2, -0.15) is 4.39 Å². The molecular weight excluding hydrogens is 273 g/mol. The minimum absolute atomic E-state index is 0.224. The molecule has 2 aliphatic rings. The number of nitrogens with one attached hydrogen (secondary N) is 1. The van der Waals surface area contributed by atoms with Gasteiger partial charge in [0.2, 0.25) is 5.82 Å². The molecule has 1 aromatic carbocycles. The summed E-state index contributed by atoms with van der Waals surface area (Å²) in [5, 5.41) is 14.7. The van der Waals surface area contributed by atoms with Crippen LogP contribution < -0.4 is 10.2 Å². The van der Waals surface area contributed by atoms with Gasteiger partial charge in [0.1, 0.15) is 5.69 Å². The maximum atomic E-state index is 13.9. The normalized spacial score (nSPS) is 26.0. The largest absolute Gasteiger partial charge is 0.361 e. The van der Waals surface area contributed by atoms with E-state index in [-0.39, 0.29) is 11.7 Å². The van der Waals surface area contributed by atoms with Crippen molar-refractivity contribution in [1.29, 1.82) is 0 Å². The highest BCUT2D eigenvalue weighted by Crippen LogP contribution is 2.36. The van der Waals surface area contributed by atoms with Crippen molar-refractivity contribution in [3.8, 4) is 0 Å². The van der Waals surface area contributed by atoms with Crippen molar-refractivity contribution in [2.75, 3.05) is 18.0 Å².